The molecule has 5 heteroatoms. The molecule has 1 unspecified atom stereocenters. The number of aliphatic hydroxyl groups excluding tert-OH is 1. The molecule has 0 aliphatic carbocycles. The second-order valence-corrected chi connectivity index (χ2v) is 3.62. The van der Waals surface area contributed by atoms with Gasteiger partial charge < -0.3 is 10.0 Å². The van der Waals surface area contributed by atoms with Crippen molar-refractivity contribution in [3.63, 3.8) is 0 Å². The van der Waals surface area contributed by atoms with Crippen molar-refractivity contribution in [3.05, 3.63) is 33.9 Å². The van der Waals surface area contributed by atoms with Crippen LogP contribution in [0.15, 0.2) is 18.2 Å². The van der Waals surface area contributed by atoms with Gasteiger partial charge in [-0.2, -0.15) is 0 Å². The van der Waals surface area contributed by atoms with Crippen LogP contribution in [0.4, 0.5) is 11.4 Å². The number of anilines is 1. The number of hydrogen-bond donors (Lipinski definition) is 1. The molecule has 1 atom stereocenters. The number of para-hydroxylation sites is 1. The summed E-state index contributed by atoms with van der Waals surface area (Å²) in [4.78, 5) is 12.1. The van der Waals surface area contributed by atoms with Crippen molar-refractivity contribution in [1.29, 1.82) is 0 Å². The van der Waals surface area contributed by atoms with Crippen molar-refractivity contribution in [1.82, 2.24) is 0 Å². The first kappa shape index (κ1) is 12.4. The molecule has 5 nitrogen and oxygen atoms in total. The van der Waals surface area contributed by atoms with Crippen molar-refractivity contribution < 1.29 is 10.0 Å². The van der Waals surface area contributed by atoms with E-state index in [4.69, 9.17) is 0 Å². The monoisotopic (exact) mass is 224 g/mol. The highest BCUT2D eigenvalue weighted by Gasteiger charge is 2.22. The van der Waals surface area contributed by atoms with E-state index in [1.165, 1.54) is 6.07 Å². The summed E-state index contributed by atoms with van der Waals surface area (Å²) >= 11 is 0. The van der Waals surface area contributed by atoms with Crippen LogP contribution in [0, 0.1) is 17.0 Å². The average molecular weight is 224 g/mol. The summed E-state index contributed by atoms with van der Waals surface area (Å²) in [5.74, 6) is 0. The molecule has 1 aromatic carbocycles. The zero-order valence-electron chi connectivity index (χ0n) is 9.67. The maximum absolute atomic E-state index is 10.9. The Kier molecular flexibility index (Phi) is 3.84. The summed E-state index contributed by atoms with van der Waals surface area (Å²) in [5, 5.41) is 20.5. The van der Waals surface area contributed by atoms with Crippen LogP contribution in [-0.2, 0) is 0 Å². The van der Waals surface area contributed by atoms with E-state index in [1.807, 2.05) is 6.92 Å². The van der Waals surface area contributed by atoms with E-state index in [-0.39, 0.29) is 5.69 Å². The standard InChI is InChI=1S/C11H16N2O3/c1-4-12(9(3)14)11-8(2)6-5-7-10(11)13(15)16/h5-7,9,14H,4H2,1-3H3. The normalized spacial score (nSPS) is 12.2. The molecule has 0 aliphatic rings. The molecule has 88 valence electrons. The van der Waals surface area contributed by atoms with Gasteiger partial charge in [0.05, 0.1) is 4.92 Å². The van der Waals surface area contributed by atoms with Gasteiger partial charge in [0.1, 0.15) is 11.9 Å². The van der Waals surface area contributed by atoms with Gasteiger partial charge in [0, 0.05) is 12.6 Å². The topological polar surface area (TPSA) is 66.6 Å². The third-order valence-corrected chi connectivity index (χ3v) is 2.49. The van der Waals surface area contributed by atoms with Crippen molar-refractivity contribution in [2.45, 2.75) is 27.0 Å². The van der Waals surface area contributed by atoms with Gasteiger partial charge in [0.25, 0.3) is 5.69 Å². The summed E-state index contributed by atoms with van der Waals surface area (Å²) < 4.78 is 0. The van der Waals surface area contributed by atoms with E-state index in [9.17, 15) is 15.2 Å². The number of nitro groups is 1. The van der Waals surface area contributed by atoms with Gasteiger partial charge in [-0.15, -0.1) is 0 Å². The molecule has 0 amide bonds. The van der Waals surface area contributed by atoms with Crippen LogP contribution >= 0.6 is 0 Å². The lowest BCUT2D eigenvalue weighted by molar-refractivity contribution is -0.384. The van der Waals surface area contributed by atoms with Gasteiger partial charge in [-0.3, -0.25) is 10.1 Å². The van der Waals surface area contributed by atoms with Crippen molar-refractivity contribution >= 4 is 11.4 Å². The molecule has 0 fully saturated rings. The first-order valence-corrected chi connectivity index (χ1v) is 5.17. The minimum atomic E-state index is -0.746. The lowest BCUT2D eigenvalue weighted by Gasteiger charge is -2.27. The number of nitro benzene ring substituents is 1. The Morgan fingerprint density at radius 1 is 1.56 bits per heavy atom. The SMILES string of the molecule is CCN(c1c(C)cccc1[N+](=O)[O-])C(C)O. The predicted molar refractivity (Wildman–Crippen MR) is 62.5 cm³/mol. The zero-order chi connectivity index (χ0) is 12.3. The molecular weight excluding hydrogens is 208 g/mol. The van der Waals surface area contributed by atoms with Crippen molar-refractivity contribution in [3.8, 4) is 0 Å². The molecule has 0 saturated heterocycles. The number of aliphatic hydroxyl groups is 1. The van der Waals surface area contributed by atoms with Gasteiger partial charge in [0.2, 0.25) is 0 Å². The summed E-state index contributed by atoms with van der Waals surface area (Å²) in [7, 11) is 0. The van der Waals surface area contributed by atoms with E-state index >= 15 is 0 Å². The van der Waals surface area contributed by atoms with Crippen LogP contribution in [0.2, 0.25) is 0 Å². The molecule has 16 heavy (non-hydrogen) atoms. The number of rotatable bonds is 4. The van der Waals surface area contributed by atoms with Crippen LogP contribution in [0.25, 0.3) is 0 Å². The molecule has 0 radical (unpaired) electrons. The van der Waals surface area contributed by atoms with E-state index < -0.39 is 11.2 Å². The average Bonchev–Trinajstić information content (AvgIpc) is 2.20. The Morgan fingerprint density at radius 3 is 2.62 bits per heavy atom. The lowest BCUT2D eigenvalue weighted by Crippen LogP contribution is -2.33. The molecule has 0 bridgehead atoms. The second kappa shape index (κ2) is 4.94. The van der Waals surface area contributed by atoms with Gasteiger partial charge in [-0.1, -0.05) is 12.1 Å². The molecule has 1 N–H and O–H groups in total. The summed E-state index contributed by atoms with van der Waals surface area (Å²) in [5.41, 5.74) is 1.31. The Bertz CT molecular complexity index is 391. The molecule has 0 saturated carbocycles. The first-order valence-electron chi connectivity index (χ1n) is 5.17. The Hall–Kier alpha value is -1.62. The Labute approximate surface area is 94.5 Å². The molecule has 1 aromatic rings. The second-order valence-electron chi connectivity index (χ2n) is 3.62. The summed E-state index contributed by atoms with van der Waals surface area (Å²) in [6, 6.07) is 4.90. The highest BCUT2D eigenvalue weighted by molar-refractivity contribution is 5.67. The maximum atomic E-state index is 10.9. The minimum absolute atomic E-state index is 0.0303. The fraction of sp³-hybridized carbons (Fsp3) is 0.455. The van der Waals surface area contributed by atoms with Crippen LogP contribution in [0.1, 0.15) is 19.4 Å². The van der Waals surface area contributed by atoms with E-state index in [2.05, 4.69) is 0 Å². The number of nitrogens with zero attached hydrogens (tertiary/aromatic N) is 2. The molecule has 0 aliphatic heterocycles. The molecule has 0 heterocycles. The minimum Gasteiger partial charge on any atom is -0.374 e. The van der Waals surface area contributed by atoms with E-state index in [1.54, 1.807) is 30.9 Å². The third-order valence-electron chi connectivity index (χ3n) is 2.49. The largest absolute Gasteiger partial charge is 0.374 e. The summed E-state index contributed by atoms with van der Waals surface area (Å²) in [6.45, 7) is 5.76. The van der Waals surface area contributed by atoms with Crippen molar-refractivity contribution in [2.75, 3.05) is 11.4 Å². The number of benzene rings is 1. The number of aryl methyl sites for hydroxylation is 1. The Morgan fingerprint density at radius 2 is 2.19 bits per heavy atom. The quantitative estimate of drug-likeness (QED) is 0.483. The molecular formula is C11H16N2O3. The van der Waals surface area contributed by atoms with Crippen LogP contribution in [0.5, 0.6) is 0 Å². The maximum Gasteiger partial charge on any atom is 0.292 e. The first-order chi connectivity index (χ1) is 7.49. The zero-order valence-corrected chi connectivity index (χ0v) is 9.67. The van der Waals surface area contributed by atoms with Gasteiger partial charge in [-0.25, -0.2) is 0 Å². The summed E-state index contributed by atoms with van der Waals surface area (Å²) in [6.07, 6.45) is -0.746. The molecule has 1 rings (SSSR count). The van der Waals surface area contributed by atoms with Gasteiger partial charge >= 0.3 is 0 Å². The smallest absolute Gasteiger partial charge is 0.292 e. The fourth-order valence-electron chi connectivity index (χ4n) is 1.77. The number of hydrogen-bond acceptors (Lipinski definition) is 4. The molecule has 0 aromatic heterocycles. The fourth-order valence-corrected chi connectivity index (χ4v) is 1.77. The highest BCUT2D eigenvalue weighted by Crippen LogP contribution is 2.32. The molecule has 0 spiro atoms. The van der Waals surface area contributed by atoms with Crippen LogP contribution < -0.4 is 4.90 Å². The Balaban J connectivity index is 3.34. The van der Waals surface area contributed by atoms with Crippen molar-refractivity contribution in [2.24, 2.45) is 0 Å². The van der Waals surface area contributed by atoms with E-state index in [0.717, 1.165) is 5.56 Å². The highest BCUT2D eigenvalue weighted by atomic mass is 16.6. The van der Waals surface area contributed by atoms with Crippen LogP contribution in [-0.4, -0.2) is 22.8 Å². The van der Waals surface area contributed by atoms with Gasteiger partial charge in [0.15, 0.2) is 0 Å². The van der Waals surface area contributed by atoms with Gasteiger partial charge in [-0.05, 0) is 26.3 Å². The third kappa shape index (κ3) is 2.30. The predicted octanol–water partition coefficient (Wildman–Crippen LogP) is 2.07. The lowest BCUT2D eigenvalue weighted by atomic mass is 10.1. The van der Waals surface area contributed by atoms with E-state index in [0.29, 0.717) is 12.2 Å². The van der Waals surface area contributed by atoms with Crippen LogP contribution in [0.3, 0.4) is 0 Å².